The topological polar surface area (TPSA) is 76.6 Å². The first-order chi connectivity index (χ1) is 12.0. The number of nitrogens with zero attached hydrogens (tertiary/aromatic N) is 2. The zero-order chi connectivity index (χ0) is 17.7. The average Bonchev–Trinajstić information content (AvgIpc) is 2.83. The molecule has 4 rings (SSSR count). The molecule has 0 saturated carbocycles. The standard InChI is InChI=1S/C18H20N2O4S/c1-24-10-13-7-9-25(22,23)18(13)11-20(12-18)17(21)15-6-8-19-16-5-3-2-4-14(15)16/h2-6,8,13H,7,9-12H2,1H3. The third-order valence-corrected chi connectivity index (χ3v) is 8.15. The maximum atomic E-state index is 12.9. The van der Waals surface area contributed by atoms with E-state index in [1.165, 1.54) is 0 Å². The number of benzene rings is 1. The molecule has 1 spiro atoms. The highest BCUT2D eigenvalue weighted by Crippen LogP contribution is 2.45. The molecular formula is C18H20N2O4S. The minimum absolute atomic E-state index is 0.0410. The van der Waals surface area contributed by atoms with Gasteiger partial charge in [-0.15, -0.1) is 0 Å². The van der Waals surface area contributed by atoms with Crippen LogP contribution in [0.25, 0.3) is 10.9 Å². The summed E-state index contributed by atoms with van der Waals surface area (Å²) in [6.07, 6.45) is 2.22. The highest BCUT2D eigenvalue weighted by atomic mass is 32.2. The molecule has 2 saturated heterocycles. The zero-order valence-electron chi connectivity index (χ0n) is 14.0. The monoisotopic (exact) mass is 360 g/mol. The van der Waals surface area contributed by atoms with Gasteiger partial charge in [0.1, 0.15) is 4.75 Å². The molecule has 2 fully saturated rings. The van der Waals surface area contributed by atoms with Crippen molar-refractivity contribution < 1.29 is 17.9 Å². The average molecular weight is 360 g/mol. The van der Waals surface area contributed by atoms with Crippen molar-refractivity contribution in [2.24, 2.45) is 5.92 Å². The van der Waals surface area contributed by atoms with Crippen molar-refractivity contribution in [3.05, 3.63) is 42.1 Å². The lowest BCUT2D eigenvalue weighted by atomic mass is 9.83. The fourth-order valence-electron chi connectivity index (χ4n) is 4.11. The number of rotatable bonds is 3. The molecule has 2 aliphatic heterocycles. The molecule has 3 heterocycles. The van der Waals surface area contributed by atoms with Gasteiger partial charge in [0.05, 0.1) is 23.4 Å². The summed E-state index contributed by atoms with van der Waals surface area (Å²) in [4.78, 5) is 18.8. The van der Waals surface area contributed by atoms with E-state index in [4.69, 9.17) is 4.74 Å². The second-order valence-electron chi connectivity index (χ2n) is 6.86. The quantitative estimate of drug-likeness (QED) is 0.829. The number of carbonyl (C=O) groups is 1. The molecule has 1 atom stereocenters. The number of methoxy groups -OCH3 is 1. The Kier molecular flexibility index (Phi) is 3.81. The molecule has 6 nitrogen and oxygen atoms in total. The maximum absolute atomic E-state index is 12.9. The number of ether oxygens (including phenoxy) is 1. The summed E-state index contributed by atoms with van der Waals surface area (Å²) in [5.74, 6) is 0.00422. The Morgan fingerprint density at radius 1 is 1.32 bits per heavy atom. The molecule has 2 aliphatic rings. The van der Waals surface area contributed by atoms with Crippen LogP contribution in [0.5, 0.6) is 0 Å². The Bertz CT molecular complexity index is 930. The van der Waals surface area contributed by atoms with Crippen molar-refractivity contribution in [3.63, 3.8) is 0 Å². The number of hydrogen-bond acceptors (Lipinski definition) is 5. The molecule has 132 valence electrons. The third-order valence-electron chi connectivity index (χ3n) is 5.55. The van der Waals surface area contributed by atoms with Crippen molar-refractivity contribution in [1.82, 2.24) is 9.88 Å². The largest absolute Gasteiger partial charge is 0.384 e. The van der Waals surface area contributed by atoms with Crippen molar-refractivity contribution >= 4 is 26.6 Å². The Morgan fingerprint density at radius 3 is 2.84 bits per heavy atom. The van der Waals surface area contributed by atoms with Gasteiger partial charge >= 0.3 is 0 Å². The van der Waals surface area contributed by atoms with Crippen LogP contribution in [0.2, 0.25) is 0 Å². The van der Waals surface area contributed by atoms with Crippen molar-refractivity contribution in [2.75, 3.05) is 32.6 Å². The molecule has 1 unspecified atom stereocenters. The Labute approximate surface area is 146 Å². The van der Waals surface area contributed by atoms with E-state index in [-0.39, 0.29) is 30.7 Å². The van der Waals surface area contributed by atoms with Gasteiger partial charge in [-0.2, -0.15) is 0 Å². The number of aromatic nitrogens is 1. The summed E-state index contributed by atoms with van der Waals surface area (Å²) in [6, 6.07) is 9.17. The Morgan fingerprint density at radius 2 is 2.08 bits per heavy atom. The molecule has 1 aromatic carbocycles. The molecule has 0 bridgehead atoms. The van der Waals surface area contributed by atoms with Gasteiger partial charge < -0.3 is 9.64 Å². The first kappa shape index (κ1) is 16.5. The van der Waals surface area contributed by atoms with Gasteiger partial charge in [-0.25, -0.2) is 8.42 Å². The van der Waals surface area contributed by atoms with Crippen molar-refractivity contribution in [2.45, 2.75) is 11.2 Å². The number of hydrogen-bond donors (Lipinski definition) is 0. The number of para-hydroxylation sites is 1. The van der Waals surface area contributed by atoms with Gasteiger partial charge in [0, 0.05) is 37.7 Å². The molecule has 1 amide bonds. The molecule has 0 aliphatic carbocycles. The van der Waals surface area contributed by atoms with E-state index in [1.54, 1.807) is 24.3 Å². The van der Waals surface area contributed by atoms with Gasteiger partial charge in [0.25, 0.3) is 5.91 Å². The zero-order valence-corrected chi connectivity index (χ0v) is 14.8. The van der Waals surface area contributed by atoms with Gasteiger partial charge in [-0.3, -0.25) is 9.78 Å². The summed E-state index contributed by atoms with van der Waals surface area (Å²) >= 11 is 0. The van der Waals surface area contributed by atoms with Crippen LogP contribution in [0.3, 0.4) is 0 Å². The number of sulfone groups is 1. The van der Waals surface area contributed by atoms with Crippen LogP contribution in [0.15, 0.2) is 36.5 Å². The fraction of sp³-hybridized carbons (Fsp3) is 0.444. The van der Waals surface area contributed by atoms with Crippen LogP contribution in [0, 0.1) is 5.92 Å². The molecule has 0 N–H and O–H groups in total. The van der Waals surface area contributed by atoms with Crippen LogP contribution in [0.1, 0.15) is 16.8 Å². The van der Waals surface area contributed by atoms with Crippen LogP contribution >= 0.6 is 0 Å². The smallest absolute Gasteiger partial charge is 0.254 e. The summed E-state index contributed by atoms with van der Waals surface area (Å²) < 4.78 is 29.5. The maximum Gasteiger partial charge on any atom is 0.254 e. The molecule has 7 heteroatoms. The normalized spacial score (nSPS) is 23.7. The SMILES string of the molecule is COCC1CCS(=O)(=O)C12CN(C(=O)c1ccnc3ccccc13)C2. The van der Waals surface area contributed by atoms with E-state index in [0.29, 0.717) is 18.6 Å². The highest BCUT2D eigenvalue weighted by Gasteiger charge is 2.62. The van der Waals surface area contributed by atoms with E-state index in [1.807, 2.05) is 24.3 Å². The van der Waals surface area contributed by atoms with E-state index < -0.39 is 14.6 Å². The van der Waals surface area contributed by atoms with E-state index in [2.05, 4.69) is 4.98 Å². The first-order valence-corrected chi connectivity index (χ1v) is 9.98. The number of fused-ring (bicyclic) bond motifs is 1. The molecule has 1 aromatic heterocycles. The molecular weight excluding hydrogens is 340 g/mol. The summed E-state index contributed by atoms with van der Waals surface area (Å²) in [5.41, 5.74) is 1.33. The number of pyridine rings is 1. The van der Waals surface area contributed by atoms with Gasteiger partial charge in [-0.1, -0.05) is 18.2 Å². The fourth-order valence-corrected chi connectivity index (χ4v) is 6.51. The number of carbonyl (C=O) groups excluding carboxylic acids is 1. The minimum Gasteiger partial charge on any atom is -0.384 e. The summed E-state index contributed by atoms with van der Waals surface area (Å²) in [6.45, 7) is 0.914. The van der Waals surface area contributed by atoms with Crippen LogP contribution < -0.4 is 0 Å². The number of likely N-dealkylation sites (tertiary alicyclic amines) is 1. The summed E-state index contributed by atoms with van der Waals surface area (Å²) in [5, 5.41) is 0.790. The van der Waals surface area contributed by atoms with E-state index >= 15 is 0 Å². The lowest BCUT2D eigenvalue weighted by Crippen LogP contribution is -2.68. The van der Waals surface area contributed by atoms with Crippen LogP contribution in [0.4, 0.5) is 0 Å². The molecule has 2 aromatic rings. The lowest BCUT2D eigenvalue weighted by molar-refractivity contribution is 0.0338. The predicted molar refractivity (Wildman–Crippen MR) is 94.1 cm³/mol. The molecule has 25 heavy (non-hydrogen) atoms. The Balaban J connectivity index is 1.62. The van der Waals surface area contributed by atoms with Crippen LogP contribution in [-0.4, -0.2) is 61.5 Å². The Hall–Kier alpha value is -1.99. The minimum atomic E-state index is -3.20. The molecule has 0 radical (unpaired) electrons. The third kappa shape index (κ3) is 2.37. The van der Waals surface area contributed by atoms with E-state index in [9.17, 15) is 13.2 Å². The highest BCUT2D eigenvalue weighted by molar-refractivity contribution is 7.93. The van der Waals surface area contributed by atoms with Gasteiger partial charge in [-0.05, 0) is 18.6 Å². The van der Waals surface area contributed by atoms with Gasteiger partial charge in [0.15, 0.2) is 9.84 Å². The van der Waals surface area contributed by atoms with Gasteiger partial charge in [0.2, 0.25) is 0 Å². The summed E-state index contributed by atoms with van der Waals surface area (Å²) in [7, 11) is -1.61. The second-order valence-corrected chi connectivity index (χ2v) is 9.31. The first-order valence-electron chi connectivity index (χ1n) is 8.33. The van der Waals surface area contributed by atoms with Crippen LogP contribution in [-0.2, 0) is 14.6 Å². The van der Waals surface area contributed by atoms with E-state index in [0.717, 1.165) is 10.9 Å². The number of amides is 1. The predicted octanol–water partition coefficient (Wildman–Crippen LogP) is 1.51. The van der Waals surface area contributed by atoms with Crippen molar-refractivity contribution in [3.8, 4) is 0 Å². The van der Waals surface area contributed by atoms with Crippen molar-refractivity contribution in [1.29, 1.82) is 0 Å². The lowest BCUT2D eigenvalue weighted by Gasteiger charge is -2.49. The second kappa shape index (κ2) is 5.78.